The molecule has 0 saturated carbocycles. The summed E-state index contributed by atoms with van der Waals surface area (Å²) >= 11 is 1.47. The van der Waals surface area contributed by atoms with Crippen molar-refractivity contribution < 1.29 is 8.42 Å². The van der Waals surface area contributed by atoms with E-state index in [-0.39, 0.29) is 11.8 Å². The van der Waals surface area contributed by atoms with E-state index in [2.05, 4.69) is 15.5 Å². The van der Waals surface area contributed by atoms with Crippen LogP contribution in [0.1, 0.15) is 23.0 Å². The van der Waals surface area contributed by atoms with E-state index in [4.69, 9.17) is 0 Å². The number of hydrogen-bond acceptors (Lipinski definition) is 6. The molecule has 0 fully saturated rings. The van der Waals surface area contributed by atoms with Crippen LogP contribution in [0.15, 0.2) is 29.2 Å². The SMILES string of the molecule is Cc1nnc(NC2CCS(=O)(=O)c3ccccc32)s1. The minimum atomic E-state index is -3.13. The average molecular weight is 295 g/mol. The van der Waals surface area contributed by atoms with Crippen LogP contribution in [-0.4, -0.2) is 24.4 Å². The molecule has 5 nitrogen and oxygen atoms in total. The third-order valence-corrected chi connectivity index (χ3v) is 5.71. The van der Waals surface area contributed by atoms with Crippen LogP contribution < -0.4 is 5.32 Å². The van der Waals surface area contributed by atoms with Gasteiger partial charge in [0, 0.05) is 0 Å². The zero-order valence-corrected chi connectivity index (χ0v) is 12.0. The average Bonchev–Trinajstić information content (AvgIpc) is 2.79. The van der Waals surface area contributed by atoms with Crippen molar-refractivity contribution in [2.24, 2.45) is 0 Å². The Balaban J connectivity index is 1.97. The van der Waals surface area contributed by atoms with E-state index in [1.54, 1.807) is 12.1 Å². The van der Waals surface area contributed by atoms with Gasteiger partial charge in [-0.15, -0.1) is 10.2 Å². The summed E-state index contributed by atoms with van der Waals surface area (Å²) in [6.45, 7) is 1.89. The van der Waals surface area contributed by atoms with Crippen molar-refractivity contribution in [3.63, 3.8) is 0 Å². The lowest BCUT2D eigenvalue weighted by atomic mass is 10.0. The minimum Gasteiger partial charge on any atom is -0.353 e. The molecule has 1 atom stereocenters. The third-order valence-electron chi connectivity index (χ3n) is 3.13. The second-order valence-electron chi connectivity index (χ2n) is 4.47. The molecule has 19 heavy (non-hydrogen) atoms. The molecule has 7 heteroatoms. The number of aromatic nitrogens is 2. The van der Waals surface area contributed by atoms with Gasteiger partial charge in [0.05, 0.1) is 16.7 Å². The Bertz CT molecular complexity index is 709. The van der Waals surface area contributed by atoms with E-state index in [0.29, 0.717) is 11.3 Å². The van der Waals surface area contributed by atoms with E-state index in [0.717, 1.165) is 15.7 Å². The molecule has 0 radical (unpaired) electrons. The summed E-state index contributed by atoms with van der Waals surface area (Å²) in [6, 6.07) is 7.13. The summed E-state index contributed by atoms with van der Waals surface area (Å²) in [7, 11) is -3.13. The van der Waals surface area contributed by atoms with Gasteiger partial charge in [-0.1, -0.05) is 29.5 Å². The zero-order chi connectivity index (χ0) is 13.5. The summed E-state index contributed by atoms with van der Waals surface area (Å²) in [6.07, 6.45) is 0.554. The highest BCUT2D eigenvalue weighted by Crippen LogP contribution is 2.34. The number of fused-ring (bicyclic) bond motifs is 1. The molecule has 3 rings (SSSR count). The summed E-state index contributed by atoms with van der Waals surface area (Å²) in [5, 5.41) is 12.9. The quantitative estimate of drug-likeness (QED) is 0.919. The number of sulfone groups is 1. The van der Waals surface area contributed by atoms with Crippen molar-refractivity contribution in [3.05, 3.63) is 34.8 Å². The minimum absolute atomic E-state index is 0.0212. The summed E-state index contributed by atoms with van der Waals surface area (Å²) < 4.78 is 24.0. The Labute approximate surface area is 115 Å². The Hall–Kier alpha value is -1.47. The molecule has 100 valence electrons. The molecule has 1 aliphatic heterocycles. The molecule has 1 aromatic carbocycles. The van der Waals surface area contributed by atoms with Crippen LogP contribution in [0.5, 0.6) is 0 Å². The number of nitrogens with zero attached hydrogens (tertiary/aromatic N) is 2. The molecule has 2 heterocycles. The first-order valence-electron chi connectivity index (χ1n) is 5.94. The lowest BCUT2D eigenvalue weighted by molar-refractivity contribution is 0.576. The Morgan fingerprint density at radius 1 is 1.32 bits per heavy atom. The number of aryl methyl sites for hydroxylation is 1. The largest absolute Gasteiger partial charge is 0.353 e. The molecule has 2 aromatic rings. The summed E-state index contributed by atoms with van der Waals surface area (Å²) in [5.41, 5.74) is 0.821. The highest BCUT2D eigenvalue weighted by atomic mass is 32.2. The van der Waals surface area contributed by atoms with Crippen LogP contribution >= 0.6 is 11.3 Å². The van der Waals surface area contributed by atoms with Gasteiger partial charge in [0.1, 0.15) is 5.01 Å². The molecule has 0 bridgehead atoms. The van der Waals surface area contributed by atoms with Crippen molar-refractivity contribution in [2.75, 3.05) is 11.1 Å². The molecule has 1 unspecified atom stereocenters. The maximum absolute atomic E-state index is 12.0. The molecule has 0 amide bonds. The van der Waals surface area contributed by atoms with E-state index in [1.807, 2.05) is 19.1 Å². The lowest BCUT2D eigenvalue weighted by Crippen LogP contribution is -2.24. The van der Waals surface area contributed by atoms with E-state index in [1.165, 1.54) is 11.3 Å². The molecule has 1 aliphatic rings. The van der Waals surface area contributed by atoms with Gasteiger partial charge in [0.25, 0.3) is 0 Å². The van der Waals surface area contributed by atoms with Crippen molar-refractivity contribution >= 4 is 26.3 Å². The van der Waals surface area contributed by atoms with Gasteiger partial charge in [-0.25, -0.2) is 8.42 Å². The molecule has 0 saturated heterocycles. The summed E-state index contributed by atoms with van der Waals surface area (Å²) in [5.74, 6) is 0.166. The first kappa shape index (κ1) is 12.6. The van der Waals surface area contributed by atoms with Crippen LogP contribution in [-0.2, 0) is 9.84 Å². The standard InChI is InChI=1S/C12H13N3O2S2/c1-8-14-15-12(18-8)13-10-6-7-19(16,17)11-5-3-2-4-9(10)11/h2-5,10H,6-7H2,1H3,(H,13,15). The maximum Gasteiger partial charge on any atom is 0.206 e. The smallest absolute Gasteiger partial charge is 0.206 e. The van der Waals surface area contributed by atoms with E-state index >= 15 is 0 Å². The third kappa shape index (κ3) is 2.35. The molecule has 0 spiro atoms. The van der Waals surface area contributed by atoms with Crippen molar-refractivity contribution in [2.45, 2.75) is 24.3 Å². The normalized spacial score (nSPS) is 20.8. The molecule has 1 aromatic heterocycles. The van der Waals surface area contributed by atoms with Crippen LogP contribution in [0.4, 0.5) is 5.13 Å². The van der Waals surface area contributed by atoms with Gasteiger partial charge >= 0.3 is 0 Å². The Morgan fingerprint density at radius 2 is 2.11 bits per heavy atom. The van der Waals surface area contributed by atoms with Crippen LogP contribution in [0, 0.1) is 6.92 Å². The van der Waals surface area contributed by atoms with E-state index < -0.39 is 9.84 Å². The van der Waals surface area contributed by atoms with E-state index in [9.17, 15) is 8.42 Å². The number of hydrogen-bond donors (Lipinski definition) is 1. The molecular weight excluding hydrogens is 282 g/mol. The van der Waals surface area contributed by atoms with Crippen LogP contribution in [0.25, 0.3) is 0 Å². The number of benzene rings is 1. The van der Waals surface area contributed by atoms with Crippen molar-refractivity contribution in [3.8, 4) is 0 Å². The Morgan fingerprint density at radius 3 is 2.84 bits per heavy atom. The Kier molecular flexibility index (Phi) is 3.02. The van der Waals surface area contributed by atoms with Gasteiger partial charge in [-0.05, 0) is 25.0 Å². The molecule has 1 N–H and O–H groups in total. The predicted octanol–water partition coefficient (Wildman–Crippen LogP) is 2.18. The van der Waals surface area contributed by atoms with Gasteiger partial charge in [0.15, 0.2) is 9.84 Å². The maximum atomic E-state index is 12.0. The lowest BCUT2D eigenvalue weighted by Gasteiger charge is -2.25. The van der Waals surface area contributed by atoms with Crippen LogP contribution in [0.3, 0.4) is 0 Å². The van der Waals surface area contributed by atoms with Crippen LogP contribution in [0.2, 0.25) is 0 Å². The zero-order valence-electron chi connectivity index (χ0n) is 10.3. The fraction of sp³-hybridized carbons (Fsp3) is 0.333. The highest BCUT2D eigenvalue weighted by Gasteiger charge is 2.30. The van der Waals surface area contributed by atoms with Gasteiger partial charge in [0.2, 0.25) is 5.13 Å². The van der Waals surface area contributed by atoms with Gasteiger partial charge in [-0.3, -0.25) is 0 Å². The first-order valence-corrected chi connectivity index (χ1v) is 8.41. The number of anilines is 1. The fourth-order valence-corrected chi connectivity index (χ4v) is 4.51. The molecule has 0 aliphatic carbocycles. The fourth-order valence-electron chi connectivity index (χ4n) is 2.24. The molecular formula is C12H13N3O2S2. The number of nitrogens with one attached hydrogen (secondary N) is 1. The predicted molar refractivity (Wildman–Crippen MR) is 74.1 cm³/mol. The van der Waals surface area contributed by atoms with Crippen molar-refractivity contribution in [1.29, 1.82) is 0 Å². The summed E-state index contributed by atoms with van der Waals surface area (Å²) in [4.78, 5) is 0.431. The number of rotatable bonds is 2. The van der Waals surface area contributed by atoms with Gasteiger partial charge < -0.3 is 5.32 Å². The van der Waals surface area contributed by atoms with Gasteiger partial charge in [-0.2, -0.15) is 0 Å². The second kappa shape index (κ2) is 4.57. The first-order chi connectivity index (χ1) is 9.06. The highest BCUT2D eigenvalue weighted by molar-refractivity contribution is 7.91. The monoisotopic (exact) mass is 295 g/mol. The van der Waals surface area contributed by atoms with Crippen molar-refractivity contribution in [1.82, 2.24) is 10.2 Å². The topological polar surface area (TPSA) is 72.0 Å². The second-order valence-corrected chi connectivity index (χ2v) is 7.73.